The lowest BCUT2D eigenvalue weighted by Gasteiger charge is -2.37. The minimum absolute atomic E-state index is 0.0349. The van der Waals surface area contributed by atoms with Crippen molar-refractivity contribution in [3.05, 3.63) is 52.6 Å². The molecule has 1 atom stereocenters. The number of fused-ring (bicyclic) bond motifs is 3. The van der Waals surface area contributed by atoms with Crippen molar-refractivity contribution in [1.82, 2.24) is 15.3 Å². The number of halogens is 2. The van der Waals surface area contributed by atoms with Crippen molar-refractivity contribution in [2.24, 2.45) is 0 Å². The maximum absolute atomic E-state index is 14.0. The van der Waals surface area contributed by atoms with E-state index in [1.54, 1.807) is 6.20 Å². The normalized spacial score (nSPS) is 21.6. The molecule has 1 aromatic heterocycles. The fourth-order valence-corrected chi connectivity index (χ4v) is 4.15. The molecule has 0 saturated heterocycles. The van der Waals surface area contributed by atoms with Gasteiger partial charge in [-0.2, -0.15) is 0 Å². The van der Waals surface area contributed by atoms with Crippen LogP contribution >= 0.6 is 0 Å². The molecule has 2 N–H and O–H groups in total. The summed E-state index contributed by atoms with van der Waals surface area (Å²) >= 11 is 0. The fraction of sp³-hybridized carbons (Fsp3) is 0.400. The number of rotatable bonds is 2. The van der Waals surface area contributed by atoms with Crippen molar-refractivity contribution in [3.63, 3.8) is 0 Å². The van der Waals surface area contributed by atoms with Crippen LogP contribution in [0.2, 0.25) is 0 Å². The Kier molecular flexibility index (Phi) is 4.09. The second-order valence-electron chi connectivity index (χ2n) is 7.68. The summed E-state index contributed by atoms with van der Waals surface area (Å²) in [6, 6.07) is 0.988. The summed E-state index contributed by atoms with van der Waals surface area (Å²) in [5, 5.41) is 5.06. The summed E-state index contributed by atoms with van der Waals surface area (Å²) in [6.07, 6.45) is 4.80. The number of nitrogens with one attached hydrogen (secondary N) is 2. The number of ether oxygens (including phenoxy) is 1. The molecular formula is C20H18F2N4O3. The van der Waals surface area contributed by atoms with E-state index in [0.29, 0.717) is 12.2 Å². The molecule has 0 radical (unpaired) electrons. The summed E-state index contributed by atoms with van der Waals surface area (Å²) in [6.45, 7) is 0.433. The average molecular weight is 400 g/mol. The molecule has 2 amide bonds. The third kappa shape index (κ3) is 2.96. The molecule has 0 bridgehead atoms. The van der Waals surface area contributed by atoms with Crippen molar-refractivity contribution >= 4 is 17.5 Å². The number of hydrogen-bond acceptors (Lipinski definition) is 5. The molecule has 1 fully saturated rings. The fourth-order valence-electron chi connectivity index (χ4n) is 4.15. The molecule has 2 aromatic rings. The van der Waals surface area contributed by atoms with E-state index in [4.69, 9.17) is 4.74 Å². The number of aryl methyl sites for hydroxylation is 1. The predicted octanol–water partition coefficient (Wildman–Crippen LogP) is 2.35. The van der Waals surface area contributed by atoms with Gasteiger partial charge < -0.3 is 15.4 Å². The number of benzene rings is 1. The van der Waals surface area contributed by atoms with Crippen molar-refractivity contribution in [1.29, 1.82) is 0 Å². The molecule has 3 aliphatic rings. The van der Waals surface area contributed by atoms with Crippen LogP contribution in [0.3, 0.4) is 0 Å². The molecule has 1 saturated carbocycles. The number of amides is 2. The second kappa shape index (κ2) is 6.55. The maximum Gasteiger partial charge on any atom is 0.289 e. The summed E-state index contributed by atoms with van der Waals surface area (Å²) in [5.74, 6) is -2.74. The highest BCUT2D eigenvalue weighted by molar-refractivity contribution is 6.00. The first kappa shape index (κ1) is 18.1. The van der Waals surface area contributed by atoms with E-state index in [1.807, 2.05) is 0 Å². The van der Waals surface area contributed by atoms with E-state index >= 15 is 0 Å². The van der Waals surface area contributed by atoms with Crippen LogP contribution in [0.1, 0.15) is 53.1 Å². The summed E-state index contributed by atoms with van der Waals surface area (Å²) in [5.41, 5.74) is 1.52. The van der Waals surface area contributed by atoms with Gasteiger partial charge in [-0.1, -0.05) is 0 Å². The smallest absolute Gasteiger partial charge is 0.289 e. The van der Waals surface area contributed by atoms with Crippen molar-refractivity contribution < 1.29 is 23.1 Å². The van der Waals surface area contributed by atoms with Gasteiger partial charge in [0.25, 0.3) is 5.91 Å². The number of nitrogens with zero attached hydrogens (tertiary/aromatic N) is 2. The lowest BCUT2D eigenvalue weighted by atomic mass is 9.77. The highest BCUT2D eigenvalue weighted by atomic mass is 19.1. The van der Waals surface area contributed by atoms with Crippen molar-refractivity contribution in [3.8, 4) is 0 Å². The van der Waals surface area contributed by atoms with Gasteiger partial charge >= 0.3 is 0 Å². The van der Waals surface area contributed by atoms with Crippen LogP contribution in [0, 0.1) is 11.6 Å². The van der Waals surface area contributed by atoms with E-state index in [-0.39, 0.29) is 24.4 Å². The Morgan fingerprint density at radius 3 is 2.86 bits per heavy atom. The molecule has 3 heterocycles. The molecule has 2 aliphatic heterocycles. The molecule has 9 heteroatoms. The molecular weight excluding hydrogens is 382 g/mol. The van der Waals surface area contributed by atoms with Gasteiger partial charge in [0.05, 0.1) is 18.0 Å². The van der Waals surface area contributed by atoms with E-state index in [2.05, 4.69) is 20.6 Å². The van der Waals surface area contributed by atoms with Crippen LogP contribution in [-0.2, 0) is 28.2 Å². The van der Waals surface area contributed by atoms with E-state index in [1.165, 1.54) is 6.07 Å². The summed E-state index contributed by atoms with van der Waals surface area (Å²) in [4.78, 5) is 33.7. The summed E-state index contributed by atoms with van der Waals surface area (Å²) < 4.78 is 33.3. The maximum atomic E-state index is 14.0. The lowest BCUT2D eigenvalue weighted by molar-refractivity contribution is -0.118. The Hall–Kier alpha value is -2.94. The van der Waals surface area contributed by atoms with Crippen LogP contribution in [0.5, 0.6) is 0 Å². The van der Waals surface area contributed by atoms with E-state index in [0.717, 1.165) is 36.6 Å². The van der Waals surface area contributed by atoms with E-state index < -0.39 is 35.1 Å². The standard InChI is InChI=1S/C20H18F2N4O3/c21-12-6-10-2-3-14(18(27)25-15(10)13(22)7-12)24-19(28)17-23-8-11-9-29-20(4-1-5-20)16(11)26-17/h6-8,14H,1-5,9H2,(H,24,28)(H,25,27)/t14-/m0/s1. The minimum Gasteiger partial charge on any atom is -0.364 e. The number of aromatic nitrogens is 2. The quantitative estimate of drug-likeness (QED) is 0.807. The molecule has 1 aromatic carbocycles. The highest BCUT2D eigenvalue weighted by Gasteiger charge is 2.47. The van der Waals surface area contributed by atoms with Gasteiger partial charge in [-0.05, 0) is 43.7 Å². The Bertz CT molecular complexity index is 1040. The predicted molar refractivity (Wildman–Crippen MR) is 96.9 cm³/mol. The highest BCUT2D eigenvalue weighted by Crippen LogP contribution is 2.49. The van der Waals surface area contributed by atoms with Crippen LogP contribution < -0.4 is 10.6 Å². The van der Waals surface area contributed by atoms with Gasteiger partial charge in [0.15, 0.2) is 0 Å². The first-order chi connectivity index (χ1) is 13.9. The lowest BCUT2D eigenvalue weighted by Crippen LogP contribution is -2.44. The third-order valence-corrected chi connectivity index (χ3v) is 5.87. The van der Waals surface area contributed by atoms with Crippen molar-refractivity contribution in [2.75, 3.05) is 5.32 Å². The molecule has 1 spiro atoms. The molecule has 5 rings (SSSR count). The van der Waals surface area contributed by atoms with Gasteiger partial charge in [-0.25, -0.2) is 18.7 Å². The molecule has 1 aliphatic carbocycles. The zero-order valence-corrected chi connectivity index (χ0v) is 15.4. The average Bonchev–Trinajstić information content (AvgIpc) is 2.98. The van der Waals surface area contributed by atoms with Crippen LogP contribution in [0.25, 0.3) is 0 Å². The topological polar surface area (TPSA) is 93.2 Å². The second-order valence-corrected chi connectivity index (χ2v) is 7.68. The Morgan fingerprint density at radius 1 is 1.28 bits per heavy atom. The van der Waals surface area contributed by atoms with Gasteiger partial charge in [0.1, 0.15) is 23.3 Å². The first-order valence-electron chi connectivity index (χ1n) is 9.55. The van der Waals surface area contributed by atoms with Crippen LogP contribution in [0.4, 0.5) is 14.5 Å². The SMILES string of the molecule is O=C(N[C@H]1CCc2cc(F)cc(F)c2NC1=O)c1ncc2c(n1)C1(CCC1)OC2. The number of carbonyl (C=O) groups excluding carboxylic acids is 2. The Morgan fingerprint density at radius 2 is 2.10 bits per heavy atom. The monoisotopic (exact) mass is 400 g/mol. The number of carbonyl (C=O) groups is 2. The zero-order valence-electron chi connectivity index (χ0n) is 15.4. The summed E-state index contributed by atoms with van der Waals surface area (Å²) in [7, 11) is 0. The molecule has 150 valence electrons. The molecule has 29 heavy (non-hydrogen) atoms. The van der Waals surface area contributed by atoms with E-state index in [9.17, 15) is 18.4 Å². The number of hydrogen-bond donors (Lipinski definition) is 2. The molecule has 0 unspecified atom stereocenters. The van der Waals surface area contributed by atoms with Gasteiger partial charge in [0, 0.05) is 17.8 Å². The zero-order chi connectivity index (χ0) is 20.2. The van der Waals surface area contributed by atoms with Gasteiger partial charge in [-0.3, -0.25) is 9.59 Å². The third-order valence-electron chi connectivity index (χ3n) is 5.87. The Labute approximate surface area is 164 Å². The van der Waals surface area contributed by atoms with Crippen molar-refractivity contribution in [2.45, 2.75) is 50.4 Å². The number of anilines is 1. The largest absolute Gasteiger partial charge is 0.364 e. The van der Waals surface area contributed by atoms with Gasteiger partial charge in [-0.15, -0.1) is 0 Å². The van der Waals surface area contributed by atoms with Crippen LogP contribution in [0.15, 0.2) is 18.3 Å². The first-order valence-corrected chi connectivity index (χ1v) is 9.55. The van der Waals surface area contributed by atoms with Gasteiger partial charge in [0.2, 0.25) is 11.7 Å². The minimum atomic E-state index is -0.914. The molecule has 7 nitrogen and oxygen atoms in total. The Balaban J connectivity index is 1.35. The van der Waals surface area contributed by atoms with Crippen LogP contribution in [-0.4, -0.2) is 27.8 Å².